The van der Waals surface area contributed by atoms with Crippen molar-refractivity contribution in [1.82, 2.24) is 4.90 Å². The van der Waals surface area contributed by atoms with Crippen LogP contribution in [-0.2, 0) is 21.4 Å². The lowest BCUT2D eigenvalue weighted by Crippen LogP contribution is -2.32. The first kappa shape index (κ1) is 22.0. The normalized spacial score (nSPS) is 11.1. The number of carbonyl (C=O) groups is 1. The van der Waals surface area contributed by atoms with Gasteiger partial charge in [0.05, 0.1) is 24.1 Å². The molecule has 0 bridgehead atoms. The van der Waals surface area contributed by atoms with Crippen LogP contribution in [0.2, 0.25) is 5.02 Å². The van der Waals surface area contributed by atoms with Crippen LogP contribution in [-0.4, -0.2) is 46.2 Å². The summed E-state index contributed by atoms with van der Waals surface area (Å²) in [5.41, 5.74) is 1.49. The van der Waals surface area contributed by atoms with Crippen LogP contribution < -0.4 is 9.04 Å². The molecule has 28 heavy (non-hydrogen) atoms. The fraction of sp³-hybridized carbons (Fsp3) is 0.350. The fourth-order valence-corrected chi connectivity index (χ4v) is 4.02. The van der Waals surface area contributed by atoms with Gasteiger partial charge in [0.1, 0.15) is 5.75 Å². The van der Waals surface area contributed by atoms with E-state index in [1.165, 1.54) is 11.4 Å². The molecule has 0 aromatic heterocycles. The molecule has 0 atom stereocenters. The third kappa shape index (κ3) is 6.14. The van der Waals surface area contributed by atoms with Crippen molar-refractivity contribution in [3.63, 3.8) is 0 Å². The molecule has 152 valence electrons. The van der Waals surface area contributed by atoms with Gasteiger partial charge in [-0.2, -0.15) is 0 Å². The van der Waals surface area contributed by atoms with Crippen molar-refractivity contribution in [2.24, 2.45) is 0 Å². The number of methoxy groups -OCH3 is 1. The summed E-state index contributed by atoms with van der Waals surface area (Å²) in [6.07, 6.45) is 1.78. The molecule has 0 saturated heterocycles. The average molecular weight is 425 g/mol. The maximum absolute atomic E-state index is 12.4. The van der Waals surface area contributed by atoms with Gasteiger partial charge in [0.25, 0.3) is 0 Å². The summed E-state index contributed by atoms with van der Waals surface area (Å²) in [6.45, 7) is 0.704. The Morgan fingerprint density at radius 2 is 1.82 bits per heavy atom. The van der Waals surface area contributed by atoms with Crippen molar-refractivity contribution < 1.29 is 17.9 Å². The molecule has 6 nitrogen and oxygen atoms in total. The molecule has 0 radical (unpaired) electrons. The van der Waals surface area contributed by atoms with E-state index in [2.05, 4.69) is 0 Å². The maximum atomic E-state index is 12.4. The summed E-state index contributed by atoms with van der Waals surface area (Å²) in [5, 5.41) is 0.326. The summed E-state index contributed by atoms with van der Waals surface area (Å²) in [5.74, 6) is 0.432. The number of carbonyl (C=O) groups excluding carboxylic acids is 1. The zero-order valence-electron chi connectivity index (χ0n) is 16.3. The fourth-order valence-electron chi connectivity index (χ4n) is 2.81. The Kier molecular flexibility index (Phi) is 7.71. The third-order valence-electron chi connectivity index (χ3n) is 4.26. The summed E-state index contributed by atoms with van der Waals surface area (Å²) < 4.78 is 30.8. The highest BCUT2D eigenvalue weighted by Crippen LogP contribution is 2.30. The van der Waals surface area contributed by atoms with Crippen molar-refractivity contribution in [3.05, 3.63) is 59.1 Å². The van der Waals surface area contributed by atoms with Gasteiger partial charge in [-0.1, -0.05) is 41.9 Å². The highest BCUT2D eigenvalue weighted by atomic mass is 35.5. The topological polar surface area (TPSA) is 66.9 Å². The lowest BCUT2D eigenvalue weighted by molar-refractivity contribution is -0.130. The van der Waals surface area contributed by atoms with Gasteiger partial charge in [-0.15, -0.1) is 0 Å². The van der Waals surface area contributed by atoms with Crippen molar-refractivity contribution in [1.29, 1.82) is 0 Å². The number of rotatable bonds is 9. The molecule has 0 fully saturated rings. The molecular weight excluding hydrogens is 400 g/mol. The van der Waals surface area contributed by atoms with Gasteiger partial charge in [-0.3, -0.25) is 9.10 Å². The maximum Gasteiger partial charge on any atom is 0.232 e. The Morgan fingerprint density at radius 1 is 1.14 bits per heavy atom. The lowest BCUT2D eigenvalue weighted by atomic mass is 10.2. The number of amides is 1. The number of anilines is 1. The standard InChI is InChI=1S/C20H25ClN2O4S/c1-22(15-16-8-5-4-6-9-16)20(24)10-7-13-23(28(3,25)26)17-11-12-19(27-2)18(21)14-17/h4-6,8-9,11-12,14H,7,10,13,15H2,1-3H3. The van der Waals surface area contributed by atoms with Gasteiger partial charge >= 0.3 is 0 Å². The Bertz CT molecular complexity index is 904. The second kappa shape index (κ2) is 9.80. The van der Waals surface area contributed by atoms with Gasteiger partial charge in [-0.25, -0.2) is 8.42 Å². The molecule has 0 spiro atoms. The summed E-state index contributed by atoms with van der Waals surface area (Å²) in [4.78, 5) is 14.0. The second-order valence-electron chi connectivity index (χ2n) is 6.49. The number of benzene rings is 2. The Labute approximate surface area is 171 Å². The summed E-state index contributed by atoms with van der Waals surface area (Å²) in [7, 11) is -0.276. The smallest absolute Gasteiger partial charge is 0.232 e. The Balaban J connectivity index is 1.98. The minimum Gasteiger partial charge on any atom is -0.495 e. The van der Waals surface area contributed by atoms with E-state index >= 15 is 0 Å². The highest BCUT2D eigenvalue weighted by Gasteiger charge is 2.19. The van der Waals surface area contributed by atoms with Gasteiger partial charge < -0.3 is 9.64 Å². The number of sulfonamides is 1. The number of hydrogen-bond acceptors (Lipinski definition) is 4. The summed E-state index contributed by atoms with van der Waals surface area (Å²) >= 11 is 6.12. The molecular formula is C20H25ClN2O4S. The van der Waals surface area contributed by atoms with E-state index in [1.807, 2.05) is 30.3 Å². The molecule has 0 aliphatic rings. The zero-order chi connectivity index (χ0) is 20.7. The predicted octanol–water partition coefficient (Wildman–Crippen LogP) is 3.55. The number of ether oxygens (including phenoxy) is 1. The van der Waals surface area contributed by atoms with Crippen LogP contribution in [0.25, 0.3) is 0 Å². The average Bonchev–Trinajstić information content (AvgIpc) is 2.64. The molecule has 8 heteroatoms. The number of hydrogen-bond donors (Lipinski definition) is 0. The van der Waals surface area contributed by atoms with Crippen LogP contribution >= 0.6 is 11.6 Å². The predicted molar refractivity (Wildman–Crippen MR) is 112 cm³/mol. The van der Waals surface area contributed by atoms with Gasteiger partial charge in [0.15, 0.2) is 0 Å². The van der Waals surface area contributed by atoms with Crippen LogP contribution in [0.15, 0.2) is 48.5 Å². The largest absolute Gasteiger partial charge is 0.495 e. The first-order valence-electron chi connectivity index (χ1n) is 8.81. The molecule has 2 rings (SSSR count). The van der Waals surface area contributed by atoms with E-state index < -0.39 is 10.0 Å². The molecule has 0 N–H and O–H groups in total. The minimum absolute atomic E-state index is 0.0370. The van der Waals surface area contributed by atoms with E-state index in [1.54, 1.807) is 30.1 Å². The molecule has 0 unspecified atom stereocenters. The first-order chi connectivity index (χ1) is 13.2. The molecule has 1 amide bonds. The summed E-state index contributed by atoms with van der Waals surface area (Å²) in [6, 6.07) is 14.5. The van der Waals surface area contributed by atoms with Crippen molar-refractivity contribution in [2.45, 2.75) is 19.4 Å². The Morgan fingerprint density at radius 3 is 2.39 bits per heavy atom. The number of nitrogens with zero attached hydrogens (tertiary/aromatic N) is 2. The van der Waals surface area contributed by atoms with Crippen LogP contribution in [0.3, 0.4) is 0 Å². The molecule has 2 aromatic carbocycles. The SMILES string of the molecule is COc1ccc(N(CCCC(=O)N(C)Cc2ccccc2)S(C)(=O)=O)cc1Cl. The van der Waals surface area contributed by atoms with Crippen molar-refractivity contribution in [2.75, 3.05) is 31.3 Å². The van der Waals surface area contributed by atoms with E-state index in [-0.39, 0.29) is 18.9 Å². The van der Waals surface area contributed by atoms with E-state index in [9.17, 15) is 13.2 Å². The van der Waals surface area contributed by atoms with Crippen LogP contribution in [0, 0.1) is 0 Å². The van der Waals surface area contributed by atoms with Crippen LogP contribution in [0.4, 0.5) is 5.69 Å². The third-order valence-corrected chi connectivity index (χ3v) is 5.75. The minimum atomic E-state index is -3.51. The first-order valence-corrected chi connectivity index (χ1v) is 11.0. The molecule has 0 aliphatic carbocycles. The zero-order valence-corrected chi connectivity index (χ0v) is 17.8. The van der Waals surface area contributed by atoms with E-state index in [0.717, 1.165) is 11.8 Å². The van der Waals surface area contributed by atoms with Crippen LogP contribution in [0.5, 0.6) is 5.75 Å². The Hall–Kier alpha value is -2.25. The van der Waals surface area contributed by atoms with E-state index in [4.69, 9.17) is 16.3 Å². The molecule has 0 heterocycles. The van der Waals surface area contributed by atoms with Crippen molar-refractivity contribution >= 4 is 33.2 Å². The monoisotopic (exact) mass is 424 g/mol. The highest BCUT2D eigenvalue weighted by molar-refractivity contribution is 7.92. The van der Waals surface area contributed by atoms with Gasteiger partial charge in [0, 0.05) is 26.6 Å². The lowest BCUT2D eigenvalue weighted by Gasteiger charge is -2.23. The quantitative estimate of drug-likeness (QED) is 0.617. The second-order valence-corrected chi connectivity index (χ2v) is 8.81. The van der Waals surface area contributed by atoms with E-state index in [0.29, 0.717) is 29.4 Å². The molecule has 0 saturated carbocycles. The van der Waals surface area contributed by atoms with Gasteiger partial charge in [0.2, 0.25) is 15.9 Å². The molecule has 2 aromatic rings. The van der Waals surface area contributed by atoms with Crippen molar-refractivity contribution in [3.8, 4) is 5.75 Å². The number of halogens is 1. The van der Waals surface area contributed by atoms with Crippen LogP contribution in [0.1, 0.15) is 18.4 Å². The van der Waals surface area contributed by atoms with Gasteiger partial charge in [-0.05, 0) is 30.2 Å². The molecule has 0 aliphatic heterocycles.